The average Bonchev–Trinajstić information content (AvgIpc) is 2.55. The van der Waals surface area contributed by atoms with E-state index in [9.17, 15) is 10.1 Å². The Morgan fingerprint density at radius 2 is 2.44 bits per heavy atom. The standard InChI is InChI=1S/C9H14N4O3/c1-6-8(13(14)15)9(10)12(11-6)7-3-2-4-16-5-7/h7H,2-5,10H2,1H3. The van der Waals surface area contributed by atoms with E-state index in [1.165, 1.54) is 4.68 Å². The number of nitrogen functional groups attached to an aromatic ring is 1. The number of hydrogen-bond acceptors (Lipinski definition) is 5. The topological polar surface area (TPSA) is 96.2 Å². The molecule has 2 heterocycles. The van der Waals surface area contributed by atoms with Crippen LogP contribution in [0.2, 0.25) is 0 Å². The maximum atomic E-state index is 10.8. The lowest BCUT2D eigenvalue weighted by Crippen LogP contribution is -2.23. The molecule has 0 amide bonds. The second-order valence-electron chi connectivity index (χ2n) is 3.89. The molecular formula is C9H14N4O3. The lowest BCUT2D eigenvalue weighted by atomic mass is 10.1. The average molecular weight is 226 g/mol. The number of anilines is 1. The van der Waals surface area contributed by atoms with Gasteiger partial charge in [-0.3, -0.25) is 10.1 Å². The van der Waals surface area contributed by atoms with Gasteiger partial charge < -0.3 is 10.5 Å². The number of ether oxygens (including phenoxy) is 1. The van der Waals surface area contributed by atoms with Crippen LogP contribution in [0.25, 0.3) is 0 Å². The Hall–Kier alpha value is -1.63. The molecule has 0 aliphatic carbocycles. The number of rotatable bonds is 2. The minimum absolute atomic E-state index is 0.0150. The van der Waals surface area contributed by atoms with Crippen molar-refractivity contribution < 1.29 is 9.66 Å². The van der Waals surface area contributed by atoms with Crippen molar-refractivity contribution in [1.29, 1.82) is 0 Å². The van der Waals surface area contributed by atoms with Crippen LogP contribution in [0.5, 0.6) is 0 Å². The van der Waals surface area contributed by atoms with E-state index < -0.39 is 4.92 Å². The summed E-state index contributed by atoms with van der Waals surface area (Å²) in [5.41, 5.74) is 6.00. The Kier molecular flexibility index (Phi) is 2.78. The van der Waals surface area contributed by atoms with E-state index in [0.717, 1.165) is 19.4 Å². The van der Waals surface area contributed by atoms with Gasteiger partial charge in [-0.1, -0.05) is 0 Å². The second-order valence-corrected chi connectivity index (χ2v) is 3.89. The lowest BCUT2D eigenvalue weighted by molar-refractivity contribution is -0.384. The molecule has 1 fully saturated rings. The van der Waals surface area contributed by atoms with Gasteiger partial charge in [-0.05, 0) is 19.8 Å². The van der Waals surface area contributed by atoms with E-state index >= 15 is 0 Å². The molecule has 0 spiro atoms. The van der Waals surface area contributed by atoms with Crippen LogP contribution < -0.4 is 5.73 Å². The first-order valence-corrected chi connectivity index (χ1v) is 5.18. The molecule has 0 bridgehead atoms. The highest BCUT2D eigenvalue weighted by Gasteiger charge is 2.27. The van der Waals surface area contributed by atoms with Gasteiger partial charge in [0.1, 0.15) is 5.69 Å². The van der Waals surface area contributed by atoms with Crippen LogP contribution in [0.1, 0.15) is 24.6 Å². The zero-order chi connectivity index (χ0) is 11.7. The fraction of sp³-hybridized carbons (Fsp3) is 0.667. The van der Waals surface area contributed by atoms with Gasteiger partial charge in [0.2, 0.25) is 5.82 Å². The van der Waals surface area contributed by atoms with Gasteiger partial charge in [0.05, 0.1) is 17.6 Å². The van der Waals surface area contributed by atoms with Gasteiger partial charge in [0.25, 0.3) is 0 Å². The molecule has 88 valence electrons. The lowest BCUT2D eigenvalue weighted by Gasteiger charge is -2.22. The maximum Gasteiger partial charge on any atom is 0.333 e. The molecule has 1 unspecified atom stereocenters. The smallest absolute Gasteiger partial charge is 0.333 e. The fourth-order valence-electron chi connectivity index (χ4n) is 1.98. The molecule has 0 aromatic carbocycles. The Morgan fingerprint density at radius 1 is 1.69 bits per heavy atom. The van der Waals surface area contributed by atoms with Crippen molar-refractivity contribution in [1.82, 2.24) is 9.78 Å². The minimum Gasteiger partial charge on any atom is -0.379 e. The van der Waals surface area contributed by atoms with Gasteiger partial charge in [0, 0.05) is 6.61 Å². The Bertz CT molecular complexity index is 409. The van der Waals surface area contributed by atoms with Crippen LogP contribution in [-0.4, -0.2) is 27.9 Å². The summed E-state index contributed by atoms with van der Waals surface area (Å²) in [6.07, 6.45) is 1.82. The first-order valence-electron chi connectivity index (χ1n) is 5.18. The molecule has 0 radical (unpaired) electrons. The maximum absolute atomic E-state index is 10.8. The van der Waals surface area contributed by atoms with Crippen molar-refractivity contribution in [3.63, 3.8) is 0 Å². The summed E-state index contributed by atoms with van der Waals surface area (Å²) in [5, 5.41) is 14.9. The molecule has 0 saturated carbocycles. The van der Waals surface area contributed by atoms with Crippen LogP contribution in [0.3, 0.4) is 0 Å². The number of hydrogen-bond donors (Lipinski definition) is 1. The number of nitrogens with zero attached hydrogens (tertiary/aromatic N) is 3. The van der Waals surface area contributed by atoms with Gasteiger partial charge in [-0.15, -0.1) is 0 Å². The third-order valence-electron chi connectivity index (χ3n) is 2.75. The van der Waals surface area contributed by atoms with Gasteiger partial charge >= 0.3 is 5.69 Å². The summed E-state index contributed by atoms with van der Waals surface area (Å²) in [6.45, 7) is 2.84. The van der Waals surface area contributed by atoms with Crippen LogP contribution in [-0.2, 0) is 4.74 Å². The molecule has 1 atom stereocenters. The minimum atomic E-state index is -0.488. The molecule has 1 saturated heterocycles. The Labute approximate surface area is 92.3 Å². The quantitative estimate of drug-likeness (QED) is 0.600. The predicted molar refractivity (Wildman–Crippen MR) is 57.1 cm³/mol. The summed E-state index contributed by atoms with van der Waals surface area (Å²) >= 11 is 0. The summed E-state index contributed by atoms with van der Waals surface area (Å²) in [4.78, 5) is 10.3. The molecule has 2 rings (SSSR count). The monoisotopic (exact) mass is 226 g/mol. The summed E-state index contributed by atoms with van der Waals surface area (Å²) in [5.74, 6) is 0.123. The van der Waals surface area contributed by atoms with E-state index in [1.54, 1.807) is 6.92 Å². The first-order chi connectivity index (χ1) is 7.61. The second kappa shape index (κ2) is 4.09. The molecule has 1 aromatic heterocycles. The number of nitro groups is 1. The molecule has 7 heteroatoms. The van der Waals surface area contributed by atoms with Crippen LogP contribution >= 0.6 is 0 Å². The zero-order valence-electron chi connectivity index (χ0n) is 9.05. The Balaban J connectivity index is 2.34. The van der Waals surface area contributed by atoms with Gasteiger partial charge in [0.15, 0.2) is 0 Å². The number of aromatic nitrogens is 2. The van der Waals surface area contributed by atoms with E-state index in [2.05, 4.69) is 5.10 Å². The number of aryl methyl sites for hydroxylation is 1. The number of nitrogens with two attached hydrogens (primary N) is 1. The van der Waals surface area contributed by atoms with E-state index in [-0.39, 0.29) is 17.5 Å². The van der Waals surface area contributed by atoms with Crippen LogP contribution in [0.4, 0.5) is 11.5 Å². The predicted octanol–water partition coefficient (Wildman–Crippen LogP) is 1.03. The Morgan fingerprint density at radius 3 is 2.94 bits per heavy atom. The molecule has 1 aliphatic rings. The highest BCUT2D eigenvalue weighted by Crippen LogP contribution is 2.30. The van der Waals surface area contributed by atoms with Crippen LogP contribution in [0, 0.1) is 17.0 Å². The van der Waals surface area contributed by atoms with E-state index in [1.807, 2.05) is 0 Å². The van der Waals surface area contributed by atoms with Crippen molar-refractivity contribution in [2.24, 2.45) is 0 Å². The summed E-state index contributed by atoms with van der Waals surface area (Å²) < 4.78 is 6.84. The summed E-state index contributed by atoms with van der Waals surface area (Å²) in [6, 6.07) is 0.0150. The largest absolute Gasteiger partial charge is 0.379 e. The van der Waals surface area contributed by atoms with E-state index in [4.69, 9.17) is 10.5 Å². The molecule has 16 heavy (non-hydrogen) atoms. The van der Waals surface area contributed by atoms with Crippen molar-refractivity contribution in [2.45, 2.75) is 25.8 Å². The van der Waals surface area contributed by atoms with Gasteiger partial charge in [-0.2, -0.15) is 5.10 Å². The normalized spacial score (nSPS) is 20.9. The first kappa shape index (κ1) is 10.9. The molecule has 2 N–H and O–H groups in total. The highest BCUT2D eigenvalue weighted by atomic mass is 16.6. The van der Waals surface area contributed by atoms with E-state index in [0.29, 0.717) is 12.3 Å². The van der Waals surface area contributed by atoms with Crippen molar-refractivity contribution in [2.75, 3.05) is 18.9 Å². The fourth-order valence-corrected chi connectivity index (χ4v) is 1.98. The molecule has 1 aromatic rings. The third kappa shape index (κ3) is 1.73. The van der Waals surface area contributed by atoms with Gasteiger partial charge in [-0.25, -0.2) is 4.68 Å². The molecular weight excluding hydrogens is 212 g/mol. The van der Waals surface area contributed by atoms with Crippen molar-refractivity contribution >= 4 is 11.5 Å². The highest BCUT2D eigenvalue weighted by molar-refractivity contribution is 5.56. The zero-order valence-corrected chi connectivity index (χ0v) is 9.05. The SMILES string of the molecule is Cc1nn(C2CCCOC2)c(N)c1[N+](=O)[O-]. The summed E-state index contributed by atoms with van der Waals surface area (Å²) in [7, 11) is 0. The van der Waals surface area contributed by atoms with Crippen molar-refractivity contribution in [3.8, 4) is 0 Å². The molecule has 7 nitrogen and oxygen atoms in total. The molecule has 1 aliphatic heterocycles. The van der Waals surface area contributed by atoms with Crippen molar-refractivity contribution in [3.05, 3.63) is 15.8 Å². The third-order valence-corrected chi connectivity index (χ3v) is 2.75. The van der Waals surface area contributed by atoms with Crippen LogP contribution in [0.15, 0.2) is 0 Å².